The summed E-state index contributed by atoms with van der Waals surface area (Å²) in [7, 11) is 1.89. The van der Waals surface area contributed by atoms with Crippen LogP contribution in [0.4, 0.5) is 4.39 Å². The van der Waals surface area contributed by atoms with E-state index in [0.717, 1.165) is 17.0 Å². The molecule has 1 aromatic carbocycles. The van der Waals surface area contributed by atoms with Gasteiger partial charge in [-0.05, 0) is 43.8 Å². The van der Waals surface area contributed by atoms with Gasteiger partial charge in [-0.3, -0.25) is 0 Å². The molecule has 1 nitrogen and oxygen atoms in total. The van der Waals surface area contributed by atoms with Crippen LogP contribution in [0, 0.1) is 12.7 Å². The lowest BCUT2D eigenvalue weighted by atomic mass is 10.1. The fourth-order valence-corrected chi connectivity index (χ4v) is 2.54. The molecular formula is C13H14FNS. The summed E-state index contributed by atoms with van der Waals surface area (Å²) in [6, 6.07) is 9.26. The average Bonchev–Trinajstić information content (AvgIpc) is 2.68. The quantitative estimate of drug-likeness (QED) is 0.857. The number of benzene rings is 1. The fourth-order valence-electron chi connectivity index (χ4n) is 1.65. The van der Waals surface area contributed by atoms with Gasteiger partial charge in [-0.15, -0.1) is 11.3 Å². The van der Waals surface area contributed by atoms with Gasteiger partial charge in [0, 0.05) is 21.9 Å². The monoisotopic (exact) mass is 235 g/mol. The highest BCUT2D eigenvalue weighted by atomic mass is 32.1. The van der Waals surface area contributed by atoms with E-state index in [0.29, 0.717) is 5.56 Å². The lowest BCUT2D eigenvalue weighted by molar-refractivity contribution is 0.630. The van der Waals surface area contributed by atoms with Gasteiger partial charge in [0.25, 0.3) is 0 Å². The smallest absolute Gasteiger partial charge is 0.131 e. The fraction of sp³-hybridized carbons (Fsp3) is 0.231. The molecule has 0 bridgehead atoms. The Morgan fingerprint density at radius 3 is 2.69 bits per heavy atom. The summed E-state index contributed by atoms with van der Waals surface area (Å²) in [6.45, 7) is 2.79. The van der Waals surface area contributed by atoms with Gasteiger partial charge in [-0.2, -0.15) is 0 Å². The minimum absolute atomic E-state index is 0.151. The Kier molecular flexibility index (Phi) is 3.36. The molecular weight excluding hydrogens is 221 g/mol. The highest BCUT2D eigenvalue weighted by Crippen LogP contribution is 2.30. The van der Waals surface area contributed by atoms with Gasteiger partial charge < -0.3 is 5.32 Å². The Bertz CT molecular complexity index is 490. The second-order valence-corrected chi connectivity index (χ2v) is 5.04. The number of halogens is 1. The number of hydrogen-bond donors (Lipinski definition) is 1. The molecule has 0 spiro atoms. The van der Waals surface area contributed by atoms with E-state index in [4.69, 9.17) is 0 Å². The van der Waals surface area contributed by atoms with Crippen molar-refractivity contribution < 1.29 is 4.39 Å². The molecule has 1 N–H and O–H groups in total. The lowest BCUT2D eigenvalue weighted by Gasteiger charge is -2.04. The molecule has 1 heterocycles. The van der Waals surface area contributed by atoms with Gasteiger partial charge in [0.1, 0.15) is 5.82 Å². The molecule has 0 aliphatic heterocycles. The summed E-state index contributed by atoms with van der Waals surface area (Å²) in [6.07, 6.45) is 0. The summed E-state index contributed by atoms with van der Waals surface area (Å²) >= 11 is 1.62. The van der Waals surface area contributed by atoms with Crippen LogP contribution in [0.3, 0.4) is 0 Å². The third-order valence-electron chi connectivity index (χ3n) is 2.42. The van der Waals surface area contributed by atoms with Gasteiger partial charge in [-0.1, -0.05) is 6.07 Å². The van der Waals surface area contributed by atoms with Crippen LogP contribution in [0.2, 0.25) is 0 Å². The van der Waals surface area contributed by atoms with E-state index in [1.807, 2.05) is 38.2 Å². The molecule has 0 amide bonds. The molecule has 16 heavy (non-hydrogen) atoms. The van der Waals surface area contributed by atoms with Crippen molar-refractivity contribution in [1.29, 1.82) is 0 Å². The number of hydrogen-bond acceptors (Lipinski definition) is 2. The zero-order chi connectivity index (χ0) is 11.5. The normalized spacial score (nSPS) is 10.7. The molecule has 0 unspecified atom stereocenters. The molecule has 3 heteroatoms. The first-order valence-electron chi connectivity index (χ1n) is 5.20. The van der Waals surface area contributed by atoms with Crippen molar-refractivity contribution >= 4 is 11.3 Å². The molecule has 2 aromatic rings. The van der Waals surface area contributed by atoms with Gasteiger partial charge in [0.05, 0.1) is 0 Å². The van der Waals surface area contributed by atoms with E-state index in [1.54, 1.807) is 11.3 Å². The molecule has 0 aliphatic rings. The number of aryl methyl sites for hydroxylation is 1. The summed E-state index contributed by atoms with van der Waals surface area (Å²) in [5.74, 6) is -0.151. The molecule has 0 radical (unpaired) electrons. The molecule has 0 aliphatic carbocycles. The second-order valence-electron chi connectivity index (χ2n) is 3.75. The zero-order valence-electron chi connectivity index (χ0n) is 9.38. The van der Waals surface area contributed by atoms with Crippen molar-refractivity contribution in [2.75, 3.05) is 7.05 Å². The SMILES string of the molecule is CNCc1ccc(F)c(-c2ccc(C)s2)c1. The highest BCUT2D eigenvalue weighted by Gasteiger charge is 2.07. The molecule has 0 fully saturated rings. The van der Waals surface area contributed by atoms with Crippen LogP contribution in [0.25, 0.3) is 10.4 Å². The van der Waals surface area contributed by atoms with E-state index in [-0.39, 0.29) is 5.82 Å². The summed E-state index contributed by atoms with van der Waals surface area (Å²) in [5.41, 5.74) is 1.80. The maximum atomic E-state index is 13.7. The molecule has 0 saturated carbocycles. The van der Waals surface area contributed by atoms with E-state index >= 15 is 0 Å². The van der Waals surface area contributed by atoms with E-state index in [9.17, 15) is 4.39 Å². The summed E-state index contributed by atoms with van der Waals surface area (Å²) in [4.78, 5) is 2.20. The topological polar surface area (TPSA) is 12.0 Å². The van der Waals surface area contributed by atoms with Gasteiger partial charge in [0.2, 0.25) is 0 Å². The molecule has 2 rings (SSSR count). The van der Waals surface area contributed by atoms with E-state index in [1.165, 1.54) is 10.9 Å². The van der Waals surface area contributed by atoms with Gasteiger partial charge in [0.15, 0.2) is 0 Å². The van der Waals surface area contributed by atoms with Crippen molar-refractivity contribution in [3.8, 4) is 10.4 Å². The van der Waals surface area contributed by atoms with Gasteiger partial charge in [-0.25, -0.2) is 4.39 Å². The maximum absolute atomic E-state index is 13.7. The first-order valence-corrected chi connectivity index (χ1v) is 6.02. The van der Waals surface area contributed by atoms with Crippen LogP contribution >= 0.6 is 11.3 Å². The summed E-state index contributed by atoms with van der Waals surface area (Å²) < 4.78 is 13.7. The van der Waals surface area contributed by atoms with Crippen LogP contribution in [-0.4, -0.2) is 7.05 Å². The Balaban J connectivity index is 2.42. The van der Waals surface area contributed by atoms with E-state index < -0.39 is 0 Å². The Morgan fingerprint density at radius 1 is 1.25 bits per heavy atom. The van der Waals surface area contributed by atoms with Crippen LogP contribution in [0.5, 0.6) is 0 Å². The van der Waals surface area contributed by atoms with Gasteiger partial charge >= 0.3 is 0 Å². The predicted molar refractivity (Wildman–Crippen MR) is 67.2 cm³/mol. The second kappa shape index (κ2) is 4.76. The first kappa shape index (κ1) is 11.3. The molecule has 84 valence electrons. The van der Waals surface area contributed by atoms with Crippen LogP contribution in [-0.2, 0) is 6.54 Å². The molecule has 0 atom stereocenters. The first-order chi connectivity index (χ1) is 7.70. The third kappa shape index (κ3) is 2.31. The highest BCUT2D eigenvalue weighted by molar-refractivity contribution is 7.15. The third-order valence-corrected chi connectivity index (χ3v) is 3.45. The van der Waals surface area contributed by atoms with Crippen LogP contribution < -0.4 is 5.32 Å². The van der Waals surface area contributed by atoms with Crippen molar-refractivity contribution in [2.45, 2.75) is 13.5 Å². The zero-order valence-corrected chi connectivity index (χ0v) is 10.2. The standard InChI is InChI=1S/C13H14FNS/c1-9-3-6-13(16-9)11-7-10(8-15-2)4-5-12(11)14/h3-7,15H,8H2,1-2H3. The molecule has 0 saturated heterocycles. The van der Waals surface area contributed by atoms with Crippen LogP contribution in [0.1, 0.15) is 10.4 Å². The number of thiophene rings is 1. The molecule has 1 aromatic heterocycles. The number of rotatable bonds is 3. The Labute approximate surface area is 98.9 Å². The largest absolute Gasteiger partial charge is 0.316 e. The predicted octanol–water partition coefficient (Wildman–Crippen LogP) is 3.58. The maximum Gasteiger partial charge on any atom is 0.131 e. The summed E-state index contributed by atoms with van der Waals surface area (Å²) in [5, 5.41) is 3.07. The Hall–Kier alpha value is -1.19. The number of nitrogens with one attached hydrogen (secondary N) is 1. The minimum Gasteiger partial charge on any atom is -0.316 e. The van der Waals surface area contributed by atoms with Crippen LogP contribution in [0.15, 0.2) is 30.3 Å². The lowest BCUT2D eigenvalue weighted by Crippen LogP contribution is -2.05. The van der Waals surface area contributed by atoms with E-state index in [2.05, 4.69) is 5.32 Å². The van der Waals surface area contributed by atoms with Crippen molar-refractivity contribution in [1.82, 2.24) is 5.32 Å². The van der Waals surface area contributed by atoms with Crippen molar-refractivity contribution in [3.63, 3.8) is 0 Å². The average molecular weight is 235 g/mol. The van der Waals surface area contributed by atoms with Crippen molar-refractivity contribution in [2.24, 2.45) is 0 Å². The minimum atomic E-state index is -0.151. The van der Waals surface area contributed by atoms with Crippen molar-refractivity contribution in [3.05, 3.63) is 46.6 Å². The Morgan fingerprint density at radius 2 is 2.06 bits per heavy atom.